The lowest BCUT2D eigenvalue weighted by Crippen LogP contribution is -2.62. The summed E-state index contributed by atoms with van der Waals surface area (Å²) in [5.41, 5.74) is 3.01. The van der Waals surface area contributed by atoms with E-state index < -0.39 is 41.4 Å². The van der Waals surface area contributed by atoms with E-state index in [1.165, 1.54) is 19.9 Å². The molecule has 1 amide bonds. The number of ether oxygens (including phenoxy) is 2. The molecule has 0 aromatic heterocycles. The first kappa shape index (κ1) is 21.1. The maximum atomic E-state index is 13.4. The average molecular weight is 368 g/mol. The summed E-state index contributed by atoms with van der Waals surface area (Å²) < 4.78 is 23.2. The highest BCUT2D eigenvalue weighted by Gasteiger charge is 2.51. The van der Waals surface area contributed by atoms with E-state index in [9.17, 15) is 23.6 Å². The minimum atomic E-state index is -2.40. The quantitative estimate of drug-likeness (QED) is 0.303. The van der Waals surface area contributed by atoms with E-state index in [1.807, 2.05) is 0 Å². The van der Waals surface area contributed by atoms with Gasteiger partial charge in [-0.2, -0.15) is 0 Å². The Hall–Kier alpha value is -2.97. The number of carbonyl (C=O) groups is 4. The van der Waals surface area contributed by atoms with E-state index in [0.29, 0.717) is 0 Å². The molecule has 0 fully saturated rings. The zero-order chi connectivity index (χ0) is 19.9. The molecule has 26 heavy (non-hydrogen) atoms. The van der Waals surface area contributed by atoms with Crippen LogP contribution < -0.4 is 11.1 Å². The van der Waals surface area contributed by atoms with Gasteiger partial charge in [0.1, 0.15) is 5.82 Å². The molecule has 0 aliphatic rings. The number of carbonyl (C=O) groups excluding carboxylic acids is 4. The second kappa shape index (κ2) is 8.93. The van der Waals surface area contributed by atoms with Gasteiger partial charge in [0.25, 0.3) is 0 Å². The fourth-order valence-electron chi connectivity index (χ4n) is 2.29. The second-order valence-corrected chi connectivity index (χ2v) is 5.36. The van der Waals surface area contributed by atoms with Gasteiger partial charge in [-0.05, 0) is 32.0 Å². The van der Waals surface area contributed by atoms with Crippen molar-refractivity contribution in [1.29, 1.82) is 0 Å². The van der Waals surface area contributed by atoms with Crippen LogP contribution in [-0.2, 0) is 23.9 Å². The normalized spacial score (nSPS) is 10.8. The molecule has 1 aromatic rings. The predicted octanol–water partition coefficient (Wildman–Crippen LogP) is 0.982. The molecule has 3 N–H and O–H groups in total. The number of hydrogen-bond donors (Lipinski definition) is 2. The molecule has 9 heteroatoms. The van der Waals surface area contributed by atoms with E-state index >= 15 is 0 Å². The number of hydrogen-bond acceptors (Lipinski definition) is 7. The molecule has 1 aromatic carbocycles. The Morgan fingerprint density at radius 2 is 1.65 bits per heavy atom. The Morgan fingerprint density at radius 3 is 2.12 bits per heavy atom. The number of ketones is 1. The summed E-state index contributed by atoms with van der Waals surface area (Å²) in [6.07, 6.45) is -0.835. The van der Waals surface area contributed by atoms with Crippen molar-refractivity contribution in [2.75, 3.05) is 18.9 Å². The summed E-state index contributed by atoms with van der Waals surface area (Å²) >= 11 is 0. The number of benzene rings is 1. The van der Waals surface area contributed by atoms with Crippen LogP contribution >= 0.6 is 0 Å². The summed E-state index contributed by atoms with van der Waals surface area (Å²) in [6.45, 7) is 3.85. The third kappa shape index (κ3) is 4.78. The van der Waals surface area contributed by atoms with Gasteiger partial charge in [0.05, 0.1) is 19.6 Å². The first-order chi connectivity index (χ1) is 12.2. The van der Waals surface area contributed by atoms with Crippen molar-refractivity contribution < 1.29 is 33.0 Å². The lowest BCUT2D eigenvalue weighted by Gasteiger charge is -2.29. The van der Waals surface area contributed by atoms with Crippen molar-refractivity contribution >= 4 is 29.3 Å². The molecule has 0 atom stereocenters. The van der Waals surface area contributed by atoms with Crippen LogP contribution in [0.25, 0.3) is 0 Å². The topological polar surface area (TPSA) is 125 Å². The smallest absolute Gasteiger partial charge is 0.344 e. The number of nitrogens with one attached hydrogen (secondary N) is 1. The predicted molar refractivity (Wildman–Crippen MR) is 89.6 cm³/mol. The Labute approximate surface area is 149 Å². The van der Waals surface area contributed by atoms with E-state index in [2.05, 4.69) is 5.32 Å². The first-order valence-corrected chi connectivity index (χ1v) is 7.89. The monoisotopic (exact) mass is 368 g/mol. The molecule has 0 spiro atoms. The zero-order valence-electron chi connectivity index (χ0n) is 14.8. The van der Waals surface area contributed by atoms with Gasteiger partial charge in [-0.1, -0.05) is 0 Å². The third-order valence-corrected chi connectivity index (χ3v) is 3.38. The molecule has 1 rings (SSSR count). The number of Topliss-reactive ketones (excluding diaryl/α,β-unsaturated/α-hetero) is 1. The molecular formula is C17H21FN2O6. The summed E-state index contributed by atoms with van der Waals surface area (Å²) in [7, 11) is 0. The highest BCUT2D eigenvalue weighted by molar-refractivity contribution is 6.14. The number of esters is 2. The molecule has 0 radical (unpaired) electrons. The van der Waals surface area contributed by atoms with Gasteiger partial charge in [0.2, 0.25) is 11.4 Å². The van der Waals surface area contributed by atoms with E-state index in [-0.39, 0.29) is 24.5 Å². The third-order valence-electron chi connectivity index (χ3n) is 3.38. The molecule has 0 unspecified atom stereocenters. The van der Waals surface area contributed by atoms with Crippen LogP contribution in [0, 0.1) is 5.82 Å². The second-order valence-electron chi connectivity index (χ2n) is 5.36. The molecular weight excluding hydrogens is 347 g/mol. The lowest BCUT2D eigenvalue weighted by molar-refractivity contribution is -0.167. The van der Waals surface area contributed by atoms with Crippen molar-refractivity contribution in [2.24, 2.45) is 0 Å². The van der Waals surface area contributed by atoms with Gasteiger partial charge < -0.3 is 20.5 Å². The van der Waals surface area contributed by atoms with Crippen molar-refractivity contribution in [3.63, 3.8) is 0 Å². The van der Waals surface area contributed by atoms with Crippen LogP contribution in [0.3, 0.4) is 0 Å². The Balaban J connectivity index is 3.39. The molecule has 0 aliphatic heterocycles. The van der Waals surface area contributed by atoms with Crippen LogP contribution in [0.2, 0.25) is 0 Å². The maximum Gasteiger partial charge on any atom is 0.344 e. The summed E-state index contributed by atoms with van der Waals surface area (Å²) in [5, 5.41) is 2.15. The molecule has 0 aliphatic carbocycles. The molecule has 0 bridgehead atoms. The SMILES string of the molecule is CCOC(=O)C(CC(=O)c1cc(F)ccc1N)(NC(C)=O)C(=O)OCC. The van der Waals surface area contributed by atoms with Gasteiger partial charge in [0.15, 0.2) is 5.78 Å². The highest BCUT2D eigenvalue weighted by atomic mass is 19.1. The fourth-order valence-corrected chi connectivity index (χ4v) is 2.29. The number of nitrogen functional groups attached to an aromatic ring is 1. The average Bonchev–Trinajstić information content (AvgIpc) is 2.56. The number of anilines is 1. The molecule has 0 heterocycles. The number of nitrogens with two attached hydrogens (primary N) is 1. The number of halogens is 1. The summed E-state index contributed by atoms with van der Waals surface area (Å²) in [6, 6.07) is 3.12. The van der Waals surface area contributed by atoms with Crippen molar-refractivity contribution in [2.45, 2.75) is 32.7 Å². The van der Waals surface area contributed by atoms with E-state index in [1.54, 1.807) is 0 Å². The maximum absolute atomic E-state index is 13.4. The Kier molecular flexibility index (Phi) is 7.24. The minimum absolute atomic E-state index is 0.0409. The Bertz CT molecular complexity index is 701. The van der Waals surface area contributed by atoms with Gasteiger partial charge >= 0.3 is 11.9 Å². The van der Waals surface area contributed by atoms with Crippen LogP contribution in [0.15, 0.2) is 18.2 Å². The van der Waals surface area contributed by atoms with Crippen LogP contribution in [0.4, 0.5) is 10.1 Å². The first-order valence-electron chi connectivity index (χ1n) is 7.89. The largest absolute Gasteiger partial charge is 0.464 e. The molecule has 0 saturated heterocycles. The fraction of sp³-hybridized carbons (Fsp3) is 0.412. The van der Waals surface area contributed by atoms with Gasteiger partial charge in [-0.15, -0.1) is 0 Å². The van der Waals surface area contributed by atoms with Gasteiger partial charge in [-0.25, -0.2) is 14.0 Å². The lowest BCUT2D eigenvalue weighted by atomic mass is 9.89. The van der Waals surface area contributed by atoms with Crippen molar-refractivity contribution in [1.82, 2.24) is 5.32 Å². The minimum Gasteiger partial charge on any atom is -0.464 e. The van der Waals surface area contributed by atoms with Crippen molar-refractivity contribution in [3.05, 3.63) is 29.6 Å². The molecule has 0 saturated carbocycles. The van der Waals surface area contributed by atoms with E-state index in [4.69, 9.17) is 15.2 Å². The van der Waals surface area contributed by atoms with E-state index in [0.717, 1.165) is 19.1 Å². The highest BCUT2D eigenvalue weighted by Crippen LogP contribution is 2.23. The van der Waals surface area contributed by atoms with Crippen LogP contribution in [0.1, 0.15) is 37.6 Å². The molecule has 8 nitrogen and oxygen atoms in total. The summed E-state index contributed by atoms with van der Waals surface area (Å²) in [5.74, 6) is -4.63. The van der Waals surface area contributed by atoms with Gasteiger partial charge in [-0.3, -0.25) is 9.59 Å². The Morgan fingerprint density at radius 1 is 1.12 bits per heavy atom. The van der Waals surface area contributed by atoms with Gasteiger partial charge in [0, 0.05) is 18.2 Å². The van der Waals surface area contributed by atoms with Crippen LogP contribution in [0.5, 0.6) is 0 Å². The van der Waals surface area contributed by atoms with Crippen molar-refractivity contribution in [3.8, 4) is 0 Å². The summed E-state index contributed by atoms with van der Waals surface area (Å²) in [4.78, 5) is 49.1. The standard InChI is InChI=1S/C17H21FN2O6/c1-4-25-15(23)17(20-10(3)21,16(24)26-5-2)9-14(22)12-8-11(18)6-7-13(12)19/h6-8H,4-5,9,19H2,1-3H3,(H,20,21). The number of rotatable bonds is 8. The number of amides is 1. The zero-order valence-corrected chi connectivity index (χ0v) is 14.8. The molecule has 142 valence electrons. The van der Waals surface area contributed by atoms with Crippen LogP contribution in [-0.4, -0.2) is 42.4 Å².